The second-order valence-corrected chi connectivity index (χ2v) is 2.60. The molecule has 1 aliphatic heterocycles. The zero-order chi connectivity index (χ0) is 15.7. The molecule has 11 heavy (non-hydrogen) atoms. The van der Waals surface area contributed by atoms with Gasteiger partial charge in [0.25, 0.3) is 0 Å². The van der Waals surface area contributed by atoms with Crippen LogP contribution in [-0.2, 0) is 0 Å². The Balaban J connectivity index is 2.68. The molecule has 0 unspecified atom stereocenters. The van der Waals surface area contributed by atoms with Gasteiger partial charge in [0, 0.05) is 31.9 Å². The van der Waals surface area contributed by atoms with E-state index >= 15 is 0 Å². The second kappa shape index (κ2) is 2.81. The van der Waals surface area contributed by atoms with Gasteiger partial charge in [-0.05, 0) is 28.3 Å². The van der Waals surface area contributed by atoms with Crippen molar-refractivity contribution >= 4 is 21.6 Å². The van der Waals surface area contributed by atoms with E-state index in [0.29, 0.717) is 4.90 Å². The van der Waals surface area contributed by atoms with Gasteiger partial charge in [0.1, 0.15) is 0 Å². The number of rotatable bonds is 1. The predicted molar refractivity (Wildman–Crippen MR) is 48.8 cm³/mol. The van der Waals surface area contributed by atoms with Crippen molar-refractivity contribution in [1.82, 2.24) is 4.98 Å². The Morgan fingerprint density at radius 2 is 2.45 bits per heavy atom. The van der Waals surface area contributed by atoms with Gasteiger partial charge in [0.15, 0.2) is 0 Å². The minimum Gasteiger partial charge on any atom is -0.370 e. The fraction of sp³-hybridized carbons (Fsp3) is 0.375. The molecule has 2 rings (SSSR count). The van der Waals surface area contributed by atoms with Crippen molar-refractivity contribution in [2.75, 3.05) is 17.9 Å². The van der Waals surface area contributed by atoms with E-state index in [0.717, 1.165) is 0 Å². The molecule has 1 fully saturated rings. The van der Waals surface area contributed by atoms with Gasteiger partial charge in [-0.15, -0.1) is 0 Å². The van der Waals surface area contributed by atoms with Gasteiger partial charge in [0.05, 0.1) is 16.0 Å². The fourth-order valence-corrected chi connectivity index (χ4v) is 0.896. The quantitative estimate of drug-likeness (QED) is 0.722. The van der Waals surface area contributed by atoms with Crippen LogP contribution in [0, 0.1) is 0 Å². The summed E-state index contributed by atoms with van der Waals surface area (Å²) in [6.45, 7) is -5.46. The van der Waals surface area contributed by atoms with Crippen LogP contribution < -0.4 is 4.90 Å². The summed E-state index contributed by atoms with van der Waals surface area (Å²) in [7, 11) is 0. The zero-order valence-corrected chi connectivity index (χ0v) is 6.86. The zero-order valence-electron chi connectivity index (χ0n) is 14.3. The lowest BCUT2D eigenvalue weighted by atomic mass is 10.2. The number of nitrogens with zero attached hydrogens (tertiary/aromatic N) is 2. The molecule has 0 aliphatic carbocycles. The smallest absolute Gasteiger partial charge is 0.0862 e. The molecule has 2 nitrogen and oxygen atoms in total. The summed E-state index contributed by atoms with van der Waals surface area (Å²) in [5, 5.41) is 0. The van der Waals surface area contributed by atoms with Gasteiger partial charge in [-0.2, -0.15) is 0 Å². The van der Waals surface area contributed by atoms with Crippen LogP contribution >= 0.6 is 15.9 Å². The Morgan fingerprint density at radius 1 is 1.64 bits per heavy atom. The molecule has 0 N–H and O–H groups in total. The minimum atomic E-state index is -2.80. The number of anilines is 1. The largest absolute Gasteiger partial charge is 0.370 e. The van der Waals surface area contributed by atoms with Crippen molar-refractivity contribution < 1.29 is 12.3 Å². The Labute approximate surface area is 87.0 Å². The average molecular weight is 222 g/mol. The first-order chi connectivity index (χ1) is 8.87. The van der Waals surface area contributed by atoms with Crippen LogP contribution in [0.15, 0.2) is 22.9 Å². The van der Waals surface area contributed by atoms with Crippen molar-refractivity contribution in [2.24, 2.45) is 0 Å². The lowest BCUT2D eigenvalue weighted by Crippen LogP contribution is -2.36. The Morgan fingerprint density at radius 3 is 3.27 bits per heavy atom. The van der Waals surface area contributed by atoms with Gasteiger partial charge in [0.2, 0.25) is 0 Å². The Kier molecular flexibility index (Phi) is 0.569. The standard InChI is InChI=1S/C8H9BrN2/c9-7-4-8(6-10-5-7)11-2-1-3-11/h4-6H,1-3H2/i1D2,2D2,3D2,4D,5D,6D. The van der Waals surface area contributed by atoms with Crippen LogP contribution in [0.1, 0.15) is 18.7 Å². The first-order valence-corrected chi connectivity index (χ1v) is 3.60. The molecule has 1 aromatic heterocycles. The SMILES string of the molecule is [2H]c1nc([2H])c(N2C([2H])([2H])C([2H])([2H])C2([2H])[2H])c([2H])c1Br. The van der Waals surface area contributed by atoms with E-state index in [-0.39, 0.29) is 4.47 Å². The average Bonchev–Trinajstić information content (AvgIpc) is 2.30. The van der Waals surface area contributed by atoms with E-state index in [9.17, 15) is 0 Å². The van der Waals surface area contributed by atoms with Gasteiger partial charge < -0.3 is 4.90 Å². The molecular formula is C8H9BrN2. The maximum Gasteiger partial charge on any atom is 0.0862 e. The first-order valence-electron chi connectivity index (χ1n) is 7.31. The van der Waals surface area contributed by atoms with Crippen LogP contribution in [0.25, 0.3) is 0 Å². The van der Waals surface area contributed by atoms with Crippen LogP contribution in [-0.4, -0.2) is 18.0 Å². The molecule has 0 amide bonds. The third kappa shape index (κ3) is 1.38. The second-order valence-electron chi connectivity index (χ2n) is 1.81. The van der Waals surface area contributed by atoms with E-state index in [1.54, 1.807) is 0 Å². The molecule has 1 aromatic rings. The van der Waals surface area contributed by atoms with E-state index < -0.39 is 43.4 Å². The molecule has 0 spiro atoms. The Hall–Kier alpha value is -0.570. The molecule has 3 heteroatoms. The molecule has 58 valence electrons. The van der Waals surface area contributed by atoms with Crippen LogP contribution in [0.3, 0.4) is 0 Å². The third-order valence-corrected chi connectivity index (χ3v) is 1.48. The highest BCUT2D eigenvalue weighted by Crippen LogP contribution is 2.22. The third-order valence-electron chi connectivity index (χ3n) is 1.10. The molecule has 0 saturated carbocycles. The lowest BCUT2D eigenvalue weighted by molar-refractivity contribution is 0.616. The van der Waals surface area contributed by atoms with Crippen molar-refractivity contribution in [2.45, 2.75) is 6.37 Å². The highest BCUT2D eigenvalue weighted by Gasteiger charge is 2.14. The molecule has 0 bridgehead atoms. The summed E-state index contributed by atoms with van der Waals surface area (Å²) >= 11 is 2.90. The Bertz CT molecular complexity index is 570. The lowest BCUT2D eigenvalue weighted by Gasteiger charge is -2.32. The fourth-order valence-electron chi connectivity index (χ4n) is 0.619. The summed E-state index contributed by atoms with van der Waals surface area (Å²) < 4.78 is 68.3. The maximum absolute atomic E-state index is 7.80. The molecule has 1 aliphatic rings. The van der Waals surface area contributed by atoms with Crippen LogP contribution in [0.4, 0.5) is 5.69 Å². The number of aromatic nitrogens is 1. The summed E-state index contributed by atoms with van der Waals surface area (Å²) in [6.07, 6.45) is -3.84. The molecule has 0 aromatic carbocycles. The van der Waals surface area contributed by atoms with Crippen molar-refractivity contribution in [1.29, 1.82) is 0 Å². The molecule has 0 radical (unpaired) electrons. The highest BCUT2D eigenvalue weighted by molar-refractivity contribution is 9.10. The van der Waals surface area contributed by atoms with E-state index in [1.165, 1.54) is 0 Å². The maximum atomic E-state index is 7.80. The van der Waals surface area contributed by atoms with Gasteiger partial charge >= 0.3 is 0 Å². The van der Waals surface area contributed by atoms with E-state index in [1.807, 2.05) is 0 Å². The van der Waals surface area contributed by atoms with Crippen LogP contribution in [0.2, 0.25) is 0 Å². The van der Waals surface area contributed by atoms with Gasteiger partial charge in [-0.3, -0.25) is 4.98 Å². The molecule has 2 heterocycles. The number of hydrogen-bond donors (Lipinski definition) is 0. The summed E-state index contributed by atoms with van der Waals surface area (Å²) in [5.41, 5.74) is -0.488. The molecule has 1 saturated heterocycles. The predicted octanol–water partition coefficient (Wildman–Crippen LogP) is 2.05. The first kappa shape index (κ1) is 2.22. The van der Waals surface area contributed by atoms with Gasteiger partial charge in [-0.25, -0.2) is 0 Å². The normalized spacial score (nSPS) is 41.9. The number of halogens is 1. The number of hydrogen-bond acceptors (Lipinski definition) is 2. The van der Waals surface area contributed by atoms with Gasteiger partial charge in [-0.1, -0.05) is 0 Å². The topological polar surface area (TPSA) is 16.1 Å². The highest BCUT2D eigenvalue weighted by atomic mass is 79.9. The molecule has 0 atom stereocenters. The van der Waals surface area contributed by atoms with E-state index in [4.69, 9.17) is 12.3 Å². The van der Waals surface area contributed by atoms with Crippen molar-refractivity contribution in [3.63, 3.8) is 0 Å². The minimum absolute atomic E-state index is 0.109. The summed E-state index contributed by atoms with van der Waals surface area (Å²) in [4.78, 5) is 3.88. The van der Waals surface area contributed by atoms with Crippen molar-refractivity contribution in [3.8, 4) is 0 Å². The summed E-state index contributed by atoms with van der Waals surface area (Å²) in [6, 6.07) is -0.474. The summed E-state index contributed by atoms with van der Waals surface area (Å²) in [5.74, 6) is 0. The number of pyridine rings is 1. The van der Waals surface area contributed by atoms with Crippen molar-refractivity contribution in [3.05, 3.63) is 22.9 Å². The monoisotopic (exact) mass is 221 g/mol. The van der Waals surface area contributed by atoms with E-state index in [2.05, 4.69) is 20.9 Å². The van der Waals surface area contributed by atoms with Crippen LogP contribution in [0.5, 0.6) is 0 Å². The molecular weight excluding hydrogens is 204 g/mol.